The quantitative estimate of drug-likeness (QED) is 0.146. The Labute approximate surface area is 187 Å². The van der Waals surface area contributed by atoms with Crippen LogP contribution in [0.4, 0.5) is 22.7 Å². The third-order valence-corrected chi connectivity index (χ3v) is 4.62. The van der Waals surface area contributed by atoms with Crippen molar-refractivity contribution in [2.24, 2.45) is 5.73 Å². The van der Waals surface area contributed by atoms with Gasteiger partial charge in [0, 0.05) is 30.6 Å². The molecule has 9 nitrogen and oxygen atoms in total. The Bertz CT molecular complexity index is 1000. The Morgan fingerprint density at radius 1 is 1.03 bits per heavy atom. The van der Waals surface area contributed by atoms with E-state index in [-0.39, 0.29) is 18.0 Å². The van der Waals surface area contributed by atoms with Crippen LogP contribution in [0.5, 0.6) is 0 Å². The molecule has 0 atom stereocenters. The average Bonchev–Trinajstić information content (AvgIpc) is 2.76. The number of carbonyl (C=O) groups is 3. The summed E-state index contributed by atoms with van der Waals surface area (Å²) in [5.74, 6) is -0.917. The number of benzene rings is 2. The number of aldehydes is 1. The first-order valence-electron chi connectivity index (χ1n) is 10.2. The van der Waals surface area contributed by atoms with E-state index in [1.54, 1.807) is 31.2 Å². The van der Waals surface area contributed by atoms with E-state index in [9.17, 15) is 14.4 Å². The number of anilines is 4. The van der Waals surface area contributed by atoms with Gasteiger partial charge >= 0.3 is 5.97 Å². The molecule has 2 aromatic rings. The van der Waals surface area contributed by atoms with Crippen molar-refractivity contribution in [2.75, 3.05) is 41.8 Å². The van der Waals surface area contributed by atoms with Gasteiger partial charge < -0.3 is 32.6 Å². The molecular weight excluding hydrogens is 410 g/mol. The number of esters is 1. The molecule has 2 aromatic carbocycles. The molecule has 0 aromatic heterocycles. The van der Waals surface area contributed by atoms with Gasteiger partial charge in [-0.15, -0.1) is 0 Å². The van der Waals surface area contributed by atoms with Crippen molar-refractivity contribution < 1.29 is 19.1 Å². The molecule has 0 spiro atoms. The van der Waals surface area contributed by atoms with E-state index in [1.807, 2.05) is 12.2 Å². The number of ether oxygens (including phenoxy) is 1. The lowest BCUT2D eigenvalue weighted by Gasteiger charge is -2.15. The maximum Gasteiger partial charge on any atom is 0.306 e. The summed E-state index contributed by atoms with van der Waals surface area (Å²) in [6.45, 7) is 3.04. The molecule has 9 heteroatoms. The number of rotatable bonds is 12. The fourth-order valence-corrected chi connectivity index (χ4v) is 3.06. The van der Waals surface area contributed by atoms with Gasteiger partial charge in [-0.1, -0.05) is 12.2 Å². The van der Waals surface area contributed by atoms with Gasteiger partial charge in [0.2, 0.25) is 5.91 Å². The van der Waals surface area contributed by atoms with Crippen LogP contribution in [0.2, 0.25) is 0 Å². The van der Waals surface area contributed by atoms with Gasteiger partial charge in [0.15, 0.2) is 0 Å². The van der Waals surface area contributed by atoms with Crippen molar-refractivity contribution in [2.45, 2.75) is 19.8 Å². The minimum atomic E-state index is -0.591. The molecule has 32 heavy (non-hydrogen) atoms. The first kappa shape index (κ1) is 24.3. The lowest BCUT2D eigenvalue weighted by molar-refractivity contribution is -0.143. The molecule has 0 heterocycles. The Morgan fingerprint density at radius 3 is 2.38 bits per heavy atom. The smallest absolute Gasteiger partial charge is 0.306 e. The van der Waals surface area contributed by atoms with Gasteiger partial charge in [-0.3, -0.25) is 14.4 Å². The first-order chi connectivity index (χ1) is 15.3. The zero-order valence-electron chi connectivity index (χ0n) is 18.0. The third kappa shape index (κ3) is 7.05. The zero-order chi connectivity index (χ0) is 23.5. The van der Waals surface area contributed by atoms with Crippen molar-refractivity contribution in [1.29, 1.82) is 0 Å². The summed E-state index contributed by atoms with van der Waals surface area (Å²) < 4.78 is 4.97. The second kappa shape index (κ2) is 12.0. The number of hydrogen-bond acceptors (Lipinski definition) is 8. The number of carbonyl (C=O) groups excluding carboxylic acids is 3. The molecule has 0 fully saturated rings. The molecule has 0 aliphatic rings. The molecule has 170 valence electrons. The van der Waals surface area contributed by atoms with E-state index < -0.39 is 5.91 Å². The van der Waals surface area contributed by atoms with E-state index in [0.717, 1.165) is 12.0 Å². The highest BCUT2D eigenvalue weighted by molar-refractivity contribution is 5.95. The summed E-state index contributed by atoms with van der Waals surface area (Å²) in [4.78, 5) is 34.1. The summed E-state index contributed by atoms with van der Waals surface area (Å²) in [7, 11) is 0. The van der Waals surface area contributed by atoms with E-state index in [0.29, 0.717) is 54.3 Å². The topological polar surface area (TPSA) is 163 Å². The van der Waals surface area contributed by atoms with Gasteiger partial charge in [-0.25, -0.2) is 0 Å². The Balaban J connectivity index is 1.99. The Hall–Kier alpha value is -4.01. The predicted octanol–water partition coefficient (Wildman–Crippen LogP) is 2.34. The highest BCUT2D eigenvalue weighted by atomic mass is 16.5. The molecule has 1 amide bonds. The number of nitrogen functional groups attached to an aromatic ring is 2. The van der Waals surface area contributed by atoms with Crippen LogP contribution in [-0.2, 0) is 16.0 Å². The predicted molar refractivity (Wildman–Crippen MR) is 127 cm³/mol. The molecule has 8 N–H and O–H groups in total. The molecule has 0 saturated carbocycles. The van der Waals surface area contributed by atoms with E-state index >= 15 is 0 Å². The monoisotopic (exact) mass is 439 g/mol. The largest absolute Gasteiger partial charge is 0.466 e. The second-order valence-electron chi connectivity index (χ2n) is 6.97. The molecule has 2 rings (SSSR count). The molecule has 0 aliphatic heterocycles. The minimum Gasteiger partial charge on any atom is -0.466 e. The van der Waals surface area contributed by atoms with Gasteiger partial charge in [0.25, 0.3) is 0 Å². The van der Waals surface area contributed by atoms with Crippen molar-refractivity contribution in [3.8, 4) is 0 Å². The molecule has 0 aliphatic carbocycles. The fraction of sp³-hybridized carbons (Fsp3) is 0.261. The van der Waals surface area contributed by atoms with Crippen molar-refractivity contribution in [1.82, 2.24) is 0 Å². The van der Waals surface area contributed by atoms with Gasteiger partial charge in [0.05, 0.1) is 29.4 Å². The van der Waals surface area contributed by atoms with Crippen LogP contribution in [0.15, 0.2) is 42.5 Å². The Kier molecular flexibility index (Phi) is 9.09. The minimum absolute atomic E-state index is 0.161. The number of hydrogen-bond donors (Lipinski definition) is 5. The van der Waals surface area contributed by atoms with E-state index in [1.165, 1.54) is 6.07 Å². The summed E-state index contributed by atoms with van der Waals surface area (Å²) in [6, 6.07) is 8.19. The van der Waals surface area contributed by atoms with Crippen LogP contribution in [0.1, 0.15) is 39.6 Å². The van der Waals surface area contributed by atoms with Gasteiger partial charge in [-0.05, 0) is 49.2 Å². The SMILES string of the molecule is CCOC(=O)CCc1cc(C(N)=O)cc(N)c1NC/C=C/CNc1ccc(C=O)cc1N. The van der Waals surface area contributed by atoms with E-state index in [4.69, 9.17) is 21.9 Å². The van der Waals surface area contributed by atoms with Crippen LogP contribution in [0.3, 0.4) is 0 Å². The van der Waals surface area contributed by atoms with E-state index in [2.05, 4.69) is 10.6 Å². The standard InChI is InChI=1S/C23H29N5O4/c1-2-32-21(30)8-6-16-12-17(23(26)31)13-19(25)22(16)28-10-4-3-9-27-20-7-5-15(14-29)11-18(20)24/h3-5,7,11-14,27-28H,2,6,8-10,24-25H2,1H3,(H2,26,31)/b4-3+. The third-order valence-electron chi connectivity index (χ3n) is 4.62. The summed E-state index contributed by atoms with van der Waals surface area (Å²) in [5.41, 5.74) is 21.2. The maximum atomic E-state index is 11.7. The molecule has 0 unspecified atom stereocenters. The van der Waals surface area contributed by atoms with Gasteiger partial charge in [0.1, 0.15) is 6.29 Å². The number of amides is 1. The first-order valence-corrected chi connectivity index (χ1v) is 10.2. The second-order valence-corrected chi connectivity index (χ2v) is 6.97. The molecular formula is C23H29N5O4. The lowest BCUT2D eigenvalue weighted by Crippen LogP contribution is -2.15. The van der Waals surface area contributed by atoms with Crippen LogP contribution in [0.25, 0.3) is 0 Å². The molecule has 0 saturated heterocycles. The summed E-state index contributed by atoms with van der Waals surface area (Å²) in [5, 5.41) is 6.39. The molecule has 0 bridgehead atoms. The highest BCUT2D eigenvalue weighted by Crippen LogP contribution is 2.27. The number of primary amides is 1. The molecule has 0 radical (unpaired) electrons. The van der Waals surface area contributed by atoms with Gasteiger partial charge in [-0.2, -0.15) is 0 Å². The summed E-state index contributed by atoms with van der Waals surface area (Å²) >= 11 is 0. The van der Waals surface area contributed by atoms with Crippen LogP contribution >= 0.6 is 0 Å². The zero-order valence-corrected chi connectivity index (χ0v) is 18.0. The average molecular weight is 440 g/mol. The van der Waals surface area contributed by atoms with Crippen LogP contribution in [-0.4, -0.2) is 37.9 Å². The van der Waals surface area contributed by atoms with Crippen molar-refractivity contribution in [3.63, 3.8) is 0 Å². The number of aryl methyl sites for hydroxylation is 1. The van der Waals surface area contributed by atoms with Crippen LogP contribution < -0.4 is 27.8 Å². The lowest BCUT2D eigenvalue weighted by atomic mass is 10.0. The Morgan fingerprint density at radius 2 is 1.75 bits per heavy atom. The van der Waals surface area contributed by atoms with Crippen LogP contribution in [0, 0.1) is 0 Å². The van der Waals surface area contributed by atoms with Crippen molar-refractivity contribution >= 4 is 40.9 Å². The fourth-order valence-electron chi connectivity index (χ4n) is 3.06. The number of nitrogens with one attached hydrogen (secondary N) is 2. The number of nitrogens with two attached hydrogens (primary N) is 3. The highest BCUT2D eigenvalue weighted by Gasteiger charge is 2.13. The summed E-state index contributed by atoms with van der Waals surface area (Å²) in [6.07, 6.45) is 5.07. The van der Waals surface area contributed by atoms with Crippen molar-refractivity contribution in [3.05, 3.63) is 59.2 Å². The maximum absolute atomic E-state index is 11.7. The normalized spacial score (nSPS) is 10.7.